The highest BCUT2D eigenvalue weighted by Gasteiger charge is 2.33. The van der Waals surface area contributed by atoms with Crippen LogP contribution in [0.3, 0.4) is 0 Å². The smallest absolute Gasteiger partial charge is 0.102 e. The molecule has 0 radical (unpaired) electrons. The minimum atomic E-state index is 0.244. The maximum Gasteiger partial charge on any atom is 0.102 e. The molecule has 0 aromatic carbocycles. The second-order valence-corrected chi connectivity index (χ2v) is 3.90. The quantitative estimate of drug-likeness (QED) is 0.692. The average molecular weight is 177 g/mol. The van der Waals surface area contributed by atoms with Gasteiger partial charge in [-0.15, -0.1) is 0 Å². The normalized spacial score (nSPS) is 27.3. The van der Waals surface area contributed by atoms with Gasteiger partial charge in [0.15, 0.2) is 0 Å². The SMILES string of the molecule is CC(C)C1CC(c2ccccn2)O1. The zero-order valence-electron chi connectivity index (χ0n) is 8.10. The molecule has 0 saturated carbocycles. The third kappa shape index (κ3) is 1.73. The molecule has 0 amide bonds. The minimum absolute atomic E-state index is 0.244. The molecular weight excluding hydrogens is 162 g/mol. The molecule has 1 aromatic rings. The molecule has 2 heterocycles. The standard InChI is InChI=1S/C11H15NO/c1-8(2)10-7-11(13-10)9-5-3-4-6-12-9/h3-6,8,10-11H,7H2,1-2H3. The van der Waals surface area contributed by atoms with Gasteiger partial charge in [-0.2, -0.15) is 0 Å². The van der Waals surface area contributed by atoms with Gasteiger partial charge < -0.3 is 4.74 Å². The first-order valence-electron chi connectivity index (χ1n) is 4.84. The van der Waals surface area contributed by atoms with Crippen LogP contribution in [-0.4, -0.2) is 11.1 Å². The number of pyridine rings is 1. The van der Waals surface area contributed by atoms with Crippen LogP contribution in [0.2, 0.25) is 0 Å². The number of hydrogen-bond acceptors (Lipinski definition) is 2. The topological polar surface area (TPSA) is 22.1 Å². The maximum absolute atomic E-state index is 5.72. The molecule has 1 fully saturated rings. The zero-order valence-corrected chi connectivity index (χ0v) is 8.10. The van der Waals surface area contributed by atoms with Crippen molar-refractivity contribution in [2.45, 2.75) is 32.5 Å². The summed E-state index contributed by atoms with van der Waals surface area (Å²) < 4.78 is 5.72. The van der Waals surface area contributed by atoms with Crippen LogP contribution in [0.25, 0.3) is 0 Å². The Kier molecular flexibility index (Phi) is 2.32. The highest BCUT2D eigenvalue weighted by Crippen LogP contribution is 2.37. The van der Waals surface area contributed by atoms with Crippen molar-refractivity contribution in [3.63, 3.8) is 0 Å². The van der Waals surface area contributed by atoms with Crippen molar-refractivity contribution in [2.75, 3.05) is 0 Å². The van der Waals surface area contributed by atoms with Crippen molar-refractivity contribution in [3.8, 4) is 0 Å². The van der Waals surface area contributed by atoms with E-state index in [4.69, 9.17) is 4.74 Å². The number of hydrogen-bond donors (Lipinski definition) is 0. The van der Waals surface area contributed by atoms with Gasteiger partial charge in [0.05, 0.1) is 11.8 Å². The zero-order chi connectivity index (χ0) is 9.26. The first kappa shape index (κ1) is 8.70. The predicted octanol–water partition coefficient (Wildman–Crippen LogP) is 2.57. The van der Waals surface area contributed by atoms with E-state index in [-0.39, 0.29) is 6.10 Å². The van der Waals surface area contributed by atoms with Crippen LogP contribution < -0.4 is 0 Å². The van der Waals surface area contributed by atoms with E-state index in [0.29, 0.717) is 12.0 Å². The monoisotopic (exact) mass is 177 g/mol. The molecule has 2 rings (SSSR count). The molecule has 2 nitrogen and oxygen atoms in total. The van der Waals surface area contributed by atoms with E-state index in [1.165, 1.54) is 0 Å². The molecule has 1 saturated heterocycles. The Hall–Kier alpha value is -0.890. The second-order valence-electron chi connectivity index (χ2n) is 3.90. The van der Waals surface area contributed by atoms with Crippen molar-refractivity contribution < 1.29 is 4.74 Å². The Labute approximate surface area is 78.9 Å². The Bertz CT molecular complexity index is 265. The van der Waals surface area contributed by atoms with Gasteiger partial charge in [-0.05, 0) is 18.1 Å². The maximum atomic E-state index is 5.72. The van der Waals surface area contributed by atoms with E-state index in [9.17, 15) is 0 Å². The van der Waals surface area contributed by atoms with Crippen molar-refractivity contribution in [2.24, 2.45) is 5.92 Å². The fourth-order valence-electron chi connectivity index (χ4n) is 1.60. The van der Waals surface area contributed by atoms with E-state index in [2.05, 4.69) is 18.8 Å². The van der Waals surface area contributed by atoms with Crippen molar-refractivity contribution in [1.29, 1.82) is 0 Å². The van der Waals surface area contributed by atoms with Crippen LogP contribution >= 0.6 is 0 Å². The molecule has 13 heavy (non-hydrogen) atoms. The van der Waals surface area contributed by atoms with E-state index < -0.39 is 0 Å². The lowest BCUT2D eigenvalue weighted by Crippen LogP contribution is -2.35. The fraction of sp³-hybridized carbons (Fsp3) is 0.545. The molecule has 2 atom stereocenters. The van der Waals surface area contributed by atoms with E-state index >= 15 is 0 Å². The van der Waals surface area contributed by atoms with E-state index in [1.54, 1.807) is 0 Å². The summed E-state index contributed by atoms with van der Waals surface area (Å²) in [6.45, 7) is 4.39. The Morgan fingerprint density at radius 2 is 2.23 bits per heavy atom. The Morgan fingerprint density at radius 1 is 1.46 bits per heavy atom. The predicted molar refractivity (Wildman–Crippen MR) is 51.3 cm³/mol. The van der Waals surface area contributed by atoms with Crippen LogP contribution in [0.5, 0.6) is 0 Å². The number of rotatable bonds is 2. The molecule has 1 aromatic heterocycles. The first-order valence-corrected chi connectivity index (χ1v) is 4.84. The molecule has 2 heteroatoms. The van der Waals surface area contributed by atoms with Crippen LogP contribution in [0.4, 0.5) is 0 Å². The highest BCUT2D eigenvalue weighted by atomic mass is 16.5. The summed E-state index contributed by atoms with van der Waals surface area (Å²) in [5.41, 5.74) is 1.07. The second kappa shape index (κ2) is 3.46. The molecule has 0 bridgehead atoms. The summed E-state index contributed by atoms with van der Waals surface area (Å²) in [5, 5.41) is 0. The van der Waals surface area contributed by atoms with E-state index in [1.807, 2.05) is 24.4 Å². The summed E-state index contributed by atoms with van der Waals surface area (Å²) in [6, 6.07) is 5.97. The Morgan fingerprint density at radius 3 is 2.77 bits per heavy atom. The molecule has 1 aliphatic heterocycles. The fourth-order valence-corrected chi connectivity index (χ4v) is 1.60. The molecule has 0 aliphatic carbocycles. The van der Waals surface area contributed by atoms with Crippen LogP contribution in [-0.2, 0) is 4.74 Å². The van der Waals surface area contributed by atoms with Crippen molar-refractivity contribution in [1.82, 2.24) is 4.98 Å². The minimum Gasteiger partial charge on any atom is -0.368 e. The molecule has 1 aliphatic rings. The van der Waals surface area contributed by atoms with Gasteiger partial charge in [-0.1, -0.05) is 19.9 Å². The van der Waals surface area contributed by atoms with Crippen molar-refractivity contribution in [3.05, 3.63) is 30.1 Å². The molecule has 0 N–H and O–H groups in total. The lowest BCUT2D eigenvalue weighted by Gasteiger charge is -2.38. The van der Waals surface area contributed by atoms with Crippen LogP contribution in [0, 0.1) is 5.92 Å². The molecule has 0 spiro atoms. The Balaban J connectivity index is 1.94. The van der Waals surface area contributed by atoms with Gasteiger partial charge in [-0.25, -0.2) is 0 Å². The molecular formula is C11H15NO. The lowest BCUT2D eigenvalue weighted by atomic mass is 9.93. The summed E-state index contributed by atoms with van der Waals surface area (Å²) in [7, 11) is 0. The van der Waals surface area contributed by atoms with Gasteiger partial charge in [-0.3, -0.25) is 4.98 Å². The summed E-state index contributed by atoms with van der Waals surface area (Å²) >= 11 is 0. The van der Waals surface area contributed by atoms with Crippen LogP contribution in [0.1, 0.15) is 32.1 Å². The van der Waals surface area contributed by atoms with Gasteiger partial charge in [0.2, 0.25) is 0 Å². The summed E-state index contributed by atoms with van der Waals surface area (Å²) in [6.07, 6.45) is 3.62. The van der Waals surface area contributed by atoms with E-state index in [0.717, 1.165) is 12.1 Å². The summed E-state index contributed by atoms with van der Waals surface area (Å²) in [5.74, 6) is 0.625. The largest absolute Gasteiger partial charge is 0.368 e. The van der Waals surface area contributed by atoms with Gasteiger partial charge in [0.1, 0.15) is 6.10 Å². The first-order chi connectivity index (χ1) is 6.27. The van der Waals surface area contributed by atoms with Gasteiger partial charge in [0.25, 0.3) is 0 Å². The van der Waals surface area contributed by atoms with Crippen molar-refractivity contribution >= 4 is 0 Å². The number of nitrogens with zero attached hydrogens (tertiary/aromatic N) is 1. The lowest BCUT2D eigenvalue weighted by molar-refractivity contribution is -0.149. The average Bonchev–Trinajstić information content (AvgIpc) is 2.02. The summed E-state index contributed by atoms with van der Waals surface area (Å²) in [4.78, 5) is 4.27. The number of ether oxygens (including phenoxy) is 1. The van der Waals surface area contributed by atoms with Crippen LogP contribution in [0.15, 0.2) is 24.4 Å². The highest BCUT2D eigenvalue weighted by molar-refractivity contribution is 5.09. The van der Waals surface area contributed by atoms with Gasteiger partial charge in [0, 0.05) is 12.6 Å². The third-order valence-electron chi connectivity index (χ3n) is 2.55. The third-order valence-corrected chi connectivity index (χ3v) is 2.55. The molecule has 70 valence electrons. The van der Waals surface area contributed by atoms with Gasteiger partial charge >= 0.3 is 0 Å². The molecule has 2 unspecified atom stereocenters. The number of aromatic nitrogens is 1.